The molecule has 0 aliphatic carbocycles. The fourth-order valence-electron chi connectivity index (χ4n) is 1.44. The van der Waals surface area contributed by atoms with Gasteiger partial charge in [-0.25, -0.2) is 8.42 Å². The first-order chi connectivity index (χ1) is 8.38. The molecule has 0 radical (unpaired) electrons. The number of ether oxygens (including phenoxy) is 1. The molecule has 0 saturated heterocycles. The largest absolute Gasteiger partial charge is 0.496 e. The number of carbonyl (C=O) groups excluding carboxylic acids is 1. The van der Waals surface area contributed by atoms with E-state index in [-0.39, 0.29) is 5.75 Å². The van der Waals surface area contributed by atoms with E-state index in [0.717, 1.165) is 0 Å². The van der Waals surface area contributed by atoms with Gasteiger partial charge in [-0.1, -0.05) is 6.07 Å². The van der Waals surface area contributed by atoms with Crippen molar-refractivity contribution < 1.29 is 17.9 Å². The maximum absolute atomic E-state index is 11.8. The fourth-order valence-corrected chi connectivity index (χ4v) is 2.80. The van der Waals surface area contributed by atoms with Crippen LogP contribution in [-0.2, 0) is 20.4 Å². The van der Waals surface area contributed by atoms with E-state index in [1.807, 2.05) is 0 Å². The Hall–Kier alpha value is -1.76. The molecule has 0 bridgehead atoms. The molecular weight excluding hydrogens is 256 g/mol. The number of amides is 1. The summed E-state index contributed by atoms with van der Waals surface area (Å²) in [4.78, 5) is 11.1. The highest BCUT2D eigenvalue weighted by atomic mass is 32.2. The molecule has 3 N–H and O–H groups in total. The molecule has 18 heavy (non-hydrogen) atoms. The molecule has 1 aromatic rings. The quantitative estimate of drug-likeness (QED) is 0.732. The Morgan fingerprint density at radius 1 is 1.44 bits per heavy atom. The molecule has 0 fully saturated rings. The van der Waals surface area contributed by atoms with Crippen molar-refractivity contribution in [1.82, 2.24) is 5.32 Å². The summed E-state index contributed by atoms with van der Waals surface area (Å²) in [6.45, 7) is 0. The number of nitrogens with two attached hydrogens (primary N) is 1. The second-order valence-electron chi connectivity index (χ2n) is 3.78. The van der Waals surface area contributed by atoms with E-state index in [2.05, 4.69) is 5.32 Å². The average molecular weight is 272 g/mol. The highest BCUT2D eigenvalue weighted by Crippen LogP contribution is 2.23. The Morgan fingerprint density at radius 2 is 2.11 bits per heavy atom. The van der Waals surface area contributed by atoms with Crippen LogP contribution >= 0.6 is 0 Å². The van der Waals surface area contributed by atoms with Crippen LogP contribution in [0.15, 0.2) is 18.2 Å². The van der Waals surface area contributed by atoms with Crippen molar-refractivity contribution in [2.75, 3.05) is 25.6 Å². The Morgan fingerprint density at radius 3 is 2.67 bits per heavy atom. The van der Waals surface area contributed by atoms with Crippen LogP contribution in [0.3, 0.4) is 0 Å². The van der Waals surface area contributed by atoms with Crippen LogP contribution in [0.2, 0.25) is 0 Å². The lowest BCUT2D eigenvalue weighted by molar-refractivity contribution is -0.118. The number of carbonyl (C=O) groups is 1. The summed E-state index contributed by atoms with van der Waals surface area (Å²) in [6, 6.07) is 4.72. The lowest BCUT2D eigenvalue weighted by atomic mass is 10.2. The minimum atomic E-state index is -3.52. The SMILES string of the molecule is CNC(=O)CS(=O)(=O)Cc1ccc(N)cc1OC. The van der Waals surface area contributed by atoms with Crippen molar-refractivity contribution in [3.63, 3.8) is 0 Å². The predicted molar refractivity (Wildman–Crippen MR) is 69.0 cm³/mol. The molecule has 0 spiro atoms. The summed E-state index contributed by atoms with van der Waals surface area (Å²) in [5.41, 5.74) is 6.54. The molecule has 0 aliphatic rings. The Kier molecular flexibility index (Phi) is 4.55. The summed E-state index contributed by atoms with van der Waals surface area (Å²) in [5.74, 6) is -0.944. The number of nitrogen functional groups attached to an aromatic ring is 1. The molecule has 0 unspecified atom stereocenters. The highest BCUT2D eigenvalue weighted by Gasteiger charge is 2.18. The summed E-state index contributed by atoms with van der Waals surface area (Å²) in [5, 5.41) is 2.28. The minimum absolute atomic E-state index is 0.260. The first-order valence-corrected chi connectivity index (χ1v) is 7.03. The number of sulfone groups is 1. The Balaban J connectivity index is 2.94. The van der Waals surface area contributed by atoms with Gasteiger partial charge in [0.1, 0.15) is 11.5 Å². The molecular formula is C11H16N2O4S. The smallest absolute Gasteiger partial charge is 0.234 e. The number of hydrogen-bond donors (Lipinski definition) is 2. The van der Waals surface area contributed by atoms with Crippen LogP contribution in [0.4, 0.5) is 5.69 Å². The maximum Gasteiger partial charge on any atom is 0.234 e. The zero-order valence-electron chi connectivity index (χ0n) is 10.3. The van der Waals surface area contributed by atoms with Crippen molar-refractivity contribution in [2.24, 2.45) is 0 Å². The van der Waals surface area contributed by atoms with E-state index in [4.69, 9.17) is 10.5 Å². The van der Waals surface area contributed by atoms with Gasteiger partial charge in [-0.3, -0.25) is 4.79 Å². The van der Waals surface area contributed by atoms with Crippen LogP contribution < -0.4 is 15.8 Å². The van der Waals surface area contributed by atoms with Crippen LogP contribution in [0.5, 0.6) is 5.75 Å². The molecule has 0 saturated carbocycles. The van der Waals surface area contributed by atoms with E-state index in [0.29, 0.717) is 17.0 Å². The van der Waals surface area contributed by atoms with Crippen molar-refractivity contribution in [1.29, 1.82) is 0 Å². The zero-order chi connectivity index (χ0) is 13.8. The minimum Gasteiger partial charge on any atom is -0.496 e. The number of nitrogens with one attached hydrogen (secondary N) is 1. The van der Waals surface area contributed by atoms with E-state index in [9.17, 15) is 13.2 Å². The third-order valence-electron chi connectivity index (χ3n) is 2.32. The van der Waals surface area contributed by atoms with Crippen LogP contribution in [0.25, 0.3) is 0 Å². The van der Waals surface area contributed by atoms with Gasteiger partial charge in [-0.2, -0.15) is 0 Å². The van der Waals surface area contributed by atoms with Crippen molar-refractivity contribution in [3.05, 3.63) is 23.8 Å². The van der Waals surface area contributed by atoms with Crippen molar-refractivity contribution in [2.45, 2.75) is 5.75 Å². The monoisotopic (exact) mass is 272 g/mol. The standard InChI is InChI=1S/C11H16N2O4S/c1-13-11(14)7-18(15,16)6-8-3-4-9(12)5-10(8)17-2/h3-5H,6-7,12H2,1-2H3,(H,13,14). The number of benzene rings is 1. The average Bonchev–Trinajstić information content (AvgIpc) is 2.30. The molecule has 0 heterocycles. The van der Waals surface area contributed by atoms with Crippen LogP contribution in [-0.4, -0.2) is 34.2 Å². The van der Waals surface area contributed by atoms with Gasteiger partial charge in [0, 0.05) is 24.4 Å². The first-order valence-electron chi connectivity index (χ1n) is 5.21. The van der Waals surface area contributed by atoms with Gasteiger partial charge in [0.15, 0.2) is 9.84 Å². The third-order valence-corrected chi connectivity index (χ3v) is 3.77. The number of methoxy groups -OCH3 is 1. The van der Waals surface area contributed by atoms with Crippen molar-refractivity contribution >= 4 is 21.4 Å². The van der Waals surface area contributed by atoms with Crippen molar-refractivity contribution in [3.8, 4) is 5.75 Å². The second kappa shape index (κ2) is 5.72. The number of hydrogen-bond acceptors (Lipinski definition) is 5. The normalized spacial score (nSPS) is 11.0. The molecule has 0 aliphatic heterocycles. The van der Waals surface area contributed by atoms with Gasteiger partial charge in [-0.15, -0.1) is 0 Å². The molecule has 100 valence electrons. The molecule has 7 heteroatoms. The molecule has 1 aromatic carbocycles. The van der Waals surface area contributed by atoms with Gasteiger partial charge in [0.05, 0.1) is 12.9 Å². The highest BCUT2D eigenvalue weighted by molar-refractivity contribution is 7.91. The lowest BCUT2D eigenvalue weighted by Gasteiger charge is -2.09. The Labute approximate surface area is 106 Å². The summed E-state index contributed by atoms with van der Waals surface area (Å²) < 4.78 is 28.6. The van der Waals surface area contributed by atoms with Gasteiger partial charge < -0.3 is 15.8 Å². The number of anilines is 1. The van der Waals surface area contributed by atoms with Gasteiger partial charge in [-0.05, 0) is 6.07 Å². The third kappa shape index (κ3) is 3.92. The topological polar surface area (TPSA) is 98.5 Å². The number of rotatable bonds is 5. The van der Waals surface area contributed by atoms with E-state index in [1.165, 1.54) is 14.2 Å². The van der Waals surface area contributed by atoms with Crippen LogP contribution in [0, 0.1) is 0 Å². The first kappa shape index (κ1) is 14.3. The zero-order valence-corrected chi connectivity index (χ0v) is 11.1. The van der Waals surface area contributed by atoms with E-state index < -0.39 is 21.5 Å². The maximum atomic E-state index is 11.8. The van der Waals surface area contributed by atoms with Gasteiger partial charge >= 0.3 is 0 Å². The van der Waals surface area contributed by atoms with Gasteiger partial charge in [0.2, 0.25) is 5.91 Å². The summed E-state index contributed by atoms with van der Waals surface area (Å²) >= 11 is 0. The van der Waals surface area contributed by atoms with E-state index in [1.54, 1.807) is 18.2 Å². The fraction of sp³-hybridized carbons (Fsp3) is 0.364. The molecule has 1 amide bonds. The molecule has 0 atom stereocenters. The summed E-state index contributed by atoms with van der Waals surface area (Å²) in [7, 11) is -0.700. The van der Waals surface area contributed by atoms with E-state index >= 15 is 0 Å². The molecule has 6 nitrogen and oxygen atoms in total. The lowest BCUT2D eigenvalue weighted by Crippen LogP contribution is -2.27. The summed E-state index contributed by atoms with van der Waals surface area (Å²) in [6.07, 6.45) is 0. The molecule has 0 aromatic heterocycles. The van der Waals surface area contributed by atoms with Crippen LogP contribution in [0.1, 0.15) is 5.56 Å². The van der Waals surface area contributed by atoms with Gasteiger partial charge in [0.25, 0.3) is 0 Å². The second-order valence-corrected chi connectivity index (χ2v) is 5.84. The Bertz CT molecular complexity index is 540. The molecule has 1 rings (SSSR count). The predicted octanol–water partition coefficient (Wildman–Crippen LogP) is -0.0618.